The maximum Gasteiger partial charge on any atom is 0.426 e. The van der Waals surface area contributed by atoms with E-state index in [9.17, 15) is 26.3 Å². The summed E-state index contributed by atoms with van der Waals surface area (Å²) in [4.78, 5) is 0. The molecule has 2 unspecified atom stereocenters. The molecule has 1 fully saturated rings. The lowest BCUT2D eigenvalue weighted by atomic mass is 9.75. The molecule has 0 aromatic heterocycles. The van der Waals surface area contributed by atoms with Gasteiger partial charge in [-0.1, -0.05) is 32.6 Å². The molecule has 0 spiro atoms. The van der Waals surface area contributed by atoms with Crippen LogP contribution in [0.1, 0.15) is 45.4 Å². The van der Waals surface area contributed by atoms with Crippen molar-refractivity contribution in [3.05, 3.63) is 0 Å². The van der Waals surface area contributed by atoms with Crippen LogP contribution < -0.4 is 0 Å². The highest BCUT2D eigenvalue weighted by Gasteiger charge is 2.70. The van der Waals surface area contributed by atoms with Gasteiger partial charge in [0.25, 0.3) is 5.60 Å². The van der Waals surface area contributed by atoms with Crippen LogP contribution in [0.2, 0.25) is 0 Å². The van der Waals surface area contributed by atoms with E-state index in [1.54, 1.807) is 0 Å². The van der Waals surface area contributed by atoms with Gasteiger partial charge >= 0.3 is 12.4 Å². The molecule has 1 saturated carbocycles. The first-order valence-corrected chi connectivity index (χ1v) is 6.37. The van der Waals surface area contributed by atoms with Crippen molar-refractivity contribution in [2.24, 2.45) is 11.8 Å². The Kier molecular flexibility index (Phi) is 4.80. The van der Waals surface area contributed by atoms with Crippen molar-refractivity contribution >= 4 is 0 Å². The third kappa shape index (κ3) is 3.55. The van der Waals surface area contributed by atoms with Crippen LogP contribution in [0.5, 0.6) is 0 Å². The smallest absolute Gasteiger partial charge is 0.374 e. The molecule has 1 nitrogen and oxygen atoms in total. The molecule has 0 aromatic carbocycles. The fraction of sp³-hybridized carbons (Fsp3) is 1.00. The first-order chi connectivity index (χ1) is 8.51. The molecule has 1 rings (SSSR count). The van der Waals surface area contributed by atoms with Crippen LogP contribution in [0, 0.1) is 11.8 Å². The third-order valence-corrected chi connectivity index (χ3v) is 3.99. The first-order valence-electron chi connectivity index (χ1n) is 6.37. The fourth-order valence-electron chi connectivity index (χ4n) is 2.77. The molecule has 0 aromatic rings. The maximum absolute atomic E-state index is 12.6. The molecule has 2 atom stereocenters. The quantitative estimate of drug-likeness (QED) is 0.762. The van der Waals surface area contributed by atoms with Gasteiger partial charge in [-0.3, -0.25) is 0 Å². The molecule has 19 heavy (non-hydrogen) atoms. The van der Waals surface area contributed by atoms with Crippen molar-refractivity contribution in [1.82, 2.24) is 0 Å². The molecule has 1 aliphatic carbocycles. The first kappa shape index (κ1) is 16.6. The van der Waals surface area contributed by atoms with Gasteiger partial charge in [-0.25, -0.2) is 0 Å². The molecule has 0 aliphatic heterocycles. The summed E-state index contributed by atoms with van der Waals surface area (Å²) in [5, 5.41) is 9.15. The number of hydrogen-bond acceptors (Lipinski definition) is 1. The van der Waals surface area contributed by atoms with Gasteiger partial charge < -0.3 is 5.11 Å². The van der Waals surface area contributed by atoms with E-state index in [0.717, 1.165) is 12.8 Å². The van der Waals surface area contributed by atoms with Gasteiger partial charge in [0.05, 0.1) is 0 Å². The molecule has 0 amide bonds. The third-order valence-electron chi connectivity index (χ3n) is 3.99. The van der Waals surface area contributed by atoms with Crippen molar-refractivity contribution < 1.29 is 31.4 Å². The minimum Gasteiger partial charge on any atom is -0.374 e. The lowest BCUT2D eigenvalue weighted by Gasteiger charge is -2.37. The minimum atomic E-state index is -5.69. The molecule has 1 N–H and O–H groups in total. The predicted octanol–water partition coefficient (Wildman–Crippen LogP) is 4.45. The number of halogens is 6. The van der Waals surface area contributed by atoms with Crippen molar-refractivity contribution in [3.63, 3.8) is 0 Å². The van der Waals surface area contributed by atoms with E-state index >= 15 is 0 Å². The van der Waals surface area contributed by atoms with Crippen LogP contribution >= 0.6 is 0 Å². The minimum absolute atomic E-state index is 0.157. The standard InChI is InChI=1S/C12H18F6O/c1-2-8-4-3-5-9(6-8)7-10(19,11(13,14)15)12(16,17)18/h8-9,19H,2-7H2,1H3. The normalized spacial score (nSPS) is 26.5. The molecule has 0 heterocycles. The van der Waals surface area contributed by atoms with Crippen LogP contribution in [-0.2, 0) is 0 Å². The van der Waals surface area contributed by atoms with Crippen molar-refractivity contribution in [1.29, 1.82) is 0 Å². The van der Waals surface area contributed by atoms with E-state index in [-0.39, 0.29) is 5.92 Å². The van der Waals surface area contributed by atoms with Gasteiger partial charge in [0, 0.05) is 0 Å². The second kappa shape index (κ2) is 5.50. The molecule has 0 radical (unpaired) electrons. The molecular weight excluding hydrogens is 274 g/mol. The van der Waals surface area contributed by atoms with E-state index in [2.05, 4.69) is 0 Å². The average molecular weight is 292 g/mol. The van der Waals surface area contributed by atoms with Gasteiger partial charge in [-0.2, -0.15) is 26.3 Å². The van der Waals surface area contributed by atoms with Crippen LogP contribution in [0.25, 0.3) is 0 Å². The maximum atomic E-state index is 12.6. The van der Waals surface area contributed by atoms with E-state index in [4.69, 9.17) is 5.11 Å². The summed E-state index contributed by atoms with van der Waals surface area (Å²) in [6, 6.07) is 0. The number of aliphatic hydroxyl groups is 1. The van der Waals surface area contributed by atoms with Crippen LogP contribution in [-0.4, -0.2) is 23.1 Å². The van der Waals surface area contributed by atoms with Crippen LogP contribution in [0.4, 0.5) is 26.3 Å². The topological polar surface area (TPSA) is 20.2 Å². The zero-order valence-corrected chi connectivity index (χ0v) is 10.6. The number of rotatable bonds is 3. The SMILES string of the molecule is CCC1CCCC(CC(O)(C(F)(F)F)C(F)(F)F)C1. The predicted molar refractivity (Wildman–Crippen MR) is 57.4 cm³/mol. The zero-order valence-electron chi connectivity index (χ0n) is 10.6. The van der Waals surface area contributed by atoms with E-state index < -0.39 is 30.3 Å². The van der Waals surface area contributed by atoms with Gasteiger partial charge in [-0.05, 0) is 24.7 Å². The highest BCUT2D eigenvalue weighted by molar-refractivity contribution is 4.96. The second-order valence-electron chi connectivity index (χ2n) is 5.37. The lowest BCUT2D eigenvalue weighted by Crippen LogP contribution is -2.57. The monoisotopic (exact) mass is 292 g/mol. The van der Waals surface area contributed by atoms with Crippen molar-refractivity contribution in [3.8, 4) is 0 Å². The van der Waals surface area contributed by atoms with Crippen molar-refractivity contribution in [2.45, 2.75) is 63.4 Å². The molecule has 0 bridgehead atoms. The number of hydrogen-bond donors (Lipinski definition) is 1. The Hall–Kier alpha value is -0.460. The molecule has 1 aliphatic rings. The Balaban J connectivity index is 2.85. The molecule has 7 heteroatoms. The van der Waals surface area contributed by atoms with Gasteiger partial charge in [0.2, 0.25) is 0 Å². The summed E-state index contributed by atoms with van der Waals surface area (Å²) in [6.07, 6.45) is -9.83. The Morgan fingerprint density at radius 2 is 1.42 bits per heavy atom. The molecule has 114 valence electrons. The Bertz CT molecular complexity index is 282. The fourth-order valence-corrected chi connectivity index (χ4v) is 2.77. The van der Waals surface area contributed by atoms with E-state index in [1.807, 2.05) is 6.92 Å². The van der Waals surface area contributed by atoms with Gasteiger partial charge in [0.15, 0.2) is 0 Å². The largest absolute Gasteiger partial charge is 0.426 e. The summed E-state index contributed by atoms with van der Waals surface area (Å²) in [7, 11) is 0. The highest BCUT2D eigenvalue weighted by atomic mass is 19.4. The summed E-state index contributed by atoms with van der Waals surface area (Å²) >= 11 is 0. The van der Waals surface area contributed by atoms with Crippen LogP contribution in [0.3, 0.4) is 0 Å². The van der Waals surface area contributed by atoms with Crippen molar-refractivity contribution in [2.75, 3.05) is 0 Å². The summed E-state index contributed by atoms with van der Waals surface area (Å²) < 4.78 is 75.4. The lowest BCUT2D eigenvalue weighted by molar-refractivity contribution is -0.373. The summed E-state index contributed by atoms with van der Waals surface area (Å²) in [5.41, 5.74) is -4.58. The summed E-state index contributed by atoms with van der Waals surface area (Å²) in [5.74, 6) is -0.573. The van der Waals surface area contributed by atoms with E-state index in [1.165, 1.54) is 0 Å². The Morgan fingerprint density at radius 1 is 0.947 bits per heavy atom. The highest BCUT2D eigenvalue weighted by Crippen LogP contribution is 2.49. The Labute approximate surface area is 108 Å². The van der Waals surface area contributed by atoms with E-state index in [0.29, 0.717) is 19.3 Å². The van der Waals surface area contributed by atoms with Gasteiger partial charge in [-0.15, -0.1) is 0 Å². The Morgan fingerprint density at radius 3 is 1.84 bits per heavy atom. The number of alkyl halides is 6. The second-order valence-corrected chi connectivity index (χ2v) is 5.37. The van der Waals surface area contributed by atoms with Gasteiger partial charge in [0.1, 0.15) is 0 Å². The molecule has 0 saturated heterocycles. The van der Waals surface area contributed by atoms with Crippen LogP contribution in [0.15, 0.2) is 0 Å². The molecular formula is C12H18F6O. The summed E-state index contributed by atoms with van der Waals surface area (Å²) in [6.45, 7) is 1.87. The zero-order chi connectivity index (χ0) is 14.9. The average Bonchev–Trinajstić information content (AvgIpc) is 2.26.